The smallest absolute Gasteiger partial charge is 0.295 e. The van der Waals surface area contributed by atoms with Gasteiger partial charge in [0.05, 0.1) is 38.5 Å². The number of ether oxygens (including phenoxy) is 3. The Morgan fingerprint density at radius 2 is 1.80 bits per heavy atom. The van der Waals surface area contributed by atoms with Crippen LogP contribution in [0.4, 0.5) is 0 Å². The van der Waals surface area contributed by atoms with Gasteiger partial charge in [-0.1, -0.05) is 17.7 Å². The molecule has 4 rings (SSSR count). The fourth-order valence-electron chi connectivity index (χ4n) is 4.42. The number of hydrogen-bond donors (Lipinski definition) is 1. The van der Waals surface area contributed by atoms with Crippen molar-refractivity contribution in [1.82, 2.24) is 9.80 Å². The third kappa shape index (κ3) is 5.29. The van der Waals surface area contributed by atoms with E-state index in [4.69, 9.17) is 25.8 Å². The van der Waals surface area contributed by atoms with Crippen LogP contribution in [0.25, 0.3) is 5.76 Å². The number of benzene rings is 2. The lowest BCUT2D eigenvalue weighted by Crippen LogP contribution is -2.42. The first-order valence-corrected chi connectivity index (χ1v) is 12.0. The quantitative estimate of drug-likeness (QED) is 0.337. The van der Waals surface area contributed by atoms with Gasteiger partial charge in [0.2, 0.25) is 0 Å². The maximum absolute atomic E-state index is 13.2. The fraction of sp³-hybridized carbons (Fsp3) is 0.385. The van der Waals surface area contributed by atoms with Crippen LogP contribution in [0.2, 0.25) is 5.02 Å². The predicted molar refractivity (Wildman–Crippen MR) is 132 cm³/mol. The first-order valence-electron chi connectivity index (χ1n) is 11.6. The van der Waals surface area contributed by atoms with E-state index >= 15 is 0 Å². The van der Waals surface area contributed by atoms with Gasteiger partial charge in [0.15, 0.2) is 11.5 Å². The minimum Gasteiger partial charge on any atom is -0.507 e. The highest BCUT2D eigenvalue weighted by atomic mass is 35.5. The van der Waals surface area contributed by atoms with E-state index in [-0.39, 0.29) is 11.3 Å². The molecule has 2 heterocycles. The van der Waals surface area contributed by atoms with E-state index in [1.165, 1.54) is 12.0 Å². The van der Waals surface area contributed by atoms with Crippen molar-refractivity contribution in [3.8, 4) is 11.5 Å². The fourth-order valence-corrected chi connectivity index (χ4v) is 4.55. The lowest BCUT2D eigenvalue weighted by molar-refractivity contribution is -0.140. The number of rotatable bonds is 8. The largest absolute Gasteiger partial charge is 0.507 e. The molecule has 2 aromatic carbocycles. The first kappa shape index (κ1) is 25.0. The number of likely N-dealkylation sites (tertiary alicyclic amines) is 1. The van der Waals surface area contributed by atoms with Gasteiger partial charge in [-0.2, -0.15) is 0 Å². The average Bonchev–Trinajstić information content (AvgIpc) is 3.13. The number of nitrogens with zero attached hydrogens (tertiary/aromatic N) is 2. The third-order valence-corrected chi connectivity index (χ3v) is 6.47. The van der Waals surface area contributed by atoms with Gasteiger partial charge in [-0.3, -0.25) is 14.5 Å². The molecule has 0 aliphatic carbocycles. The SMILES string of the molecule is CCOc1ccc([C@@H]2/C(=C(\O)c3ccc(Cl)cc3)C(=O)C(=O)N2CCN2CCOCC2)cc1OC. The van der Waals surface area contributed by atoms with Crippen LogP contribution in [0, 0.1) is 0 Å². The molecule has 0 saturated carbocycles. The molecule has 9 heteroatoms. The molecule has 186 valence electrons. The molecule has 0 radical (unpaired) electrons. The second-order valence-electron chi connectivity index (χ2n) is 8.30. The molecule has 8 nitrogen and oxygen atoms in total. The number of aliphatic hydroxyl groups excluding tert-OH is 1. The van der Waals surface area contributed by atoms with Crippen molar-refractivity contribution in [2.75, 3.05) is 53.1 Å². The summed E-state index contributed by atoms with van der Waals surface area (Å²) >= 11 is 6.00. The molecular weight excluding hydrogens is 472 g/mol. The molecule has 2 aliphatic rings. The minimum atomic E-state index is -0.781. The first-order chi connectivity index (χ1) is 16.9. The molecular formula is C26H29ClN2O6. The summed E-state index contributed by atoms with van der Waals surface area (Å²) in [6.07, 6.45) is 0. The Bertz CT molecular complexity index is 1110. The van der Waals surface area contributed by atoms with Crippen molar-refractivity contribution in [3.05, 3.63) is 64.2 Å². The van der Waals surface area contributed by atoms with Crippen molar-refractivity contribution >= 4 is 29.1 Å². The van der Waals surface area contributed by atoms with Gasteiger partial charge in [-0.05, 0) is 48.9 Å². The van der Waals surface area contributed by atoms with Crippen LogP contribution in [0.1, 0.15) is 24.1 Å². The Hall–Kier alpha value is -3.07. The summed E-state index contributed by atoms with van der Waals surface area (Å²) in [5, 5.41) is 11.7. The Balaban J connectivity index is 1.77. The number of aliphatic hydroxyl groups is 1. The summed E-state index contributed by atoms with van der Waals surface area (Å²) in [5.74, 6) is -0.577. The molecule has 2 aliphatic heterocycles. The predicted octanol–water partition coefficient (Wildman–Crippen LogP) is 3.50. The van der Waals surface area contributed by atoms with Crippen LogP contribution in [-0.2, 0) is 14.3 Å². The average molecular weight is 501 g/mol. The summed E-state index contributed by atoms with van der Waals surface area (Å²) in [4.78, 5) is 30.1. The van der Waals surface area contributed by atoms with Gasteiger partial charge in [0, 0.05) is 36.8 Å². The number of ketones is 1. The number of carbonyl (C=O) groups is 2. The van der Waals surface area contributed by atoms with E-state index in [2.05, 4.69) is 4.90 Å². The van der Waals surface area contributed by atoms with Gasteiger partial charge in [0.1, 0.15) is 5.76 Å². The molecule has 1 N–H and O–H groups in total. The van der Waals surface area contributed by atoms with E-state index in [0.29, 0.717) is 60.6 Å². The Morgan fingerprint density at radius 3 is 2.46 bits per heavy atom. The molecule has 0 spiro atoms. The summed E-state index contributed by atoms with van der Waals surface area (Å²) in [6, 6.07) is 11.0. The maximum atomic E-state index is 13.2. The Kier molecular flexibility index (Phi) is 7.95. The number of morpholine rings is 1. The number of amides is 1. The van der Waals surface area contributed by atoms with Crippen LogP contribution in [0.3, 0.4) is 0 Å². The van der Waals surface area contributed by atoms with Crippen molar-refractivity contribution in [2.45, 2.75) is 13.0 Å². The second-order valence-corrected chi connectivity index (χ2v) is 8.73. The molecule has 0 bridgehead atoms. The van der Waals surface area contributed by atoms with E-state index in [1.54, 1.807) is 42.5 Å². The summed E-state index contributed by atoms with van der Waals surface area (Å²) in [6.45, 7) is 6.03. The zero-order valence-electron chi connectivity index (χ0n) is 19.8. The molecule has 0 unspecified atom stereocenters. The summed E-state index contributed by atoms with van der Waals surface area (Å²) < 4.78 is 16.5. The third-order valence-electron chi connectivity index (χ3n) is 6.22. The zero-order valence-corrected chi connectivity index (χ0v) is 20.6. The van der Waals surface area contributed by atoms with E-state index in [1.807, 2.05) is 6.92 Å². The zero-order chi connectivity index (χ0) is 24.9. The minimum absolute atomic E-state index is 0.0329. The van der Waals surface area contributed by atoms with Crippen LogP contribution in [-0.4, -0.2) is 79.7 Å². The van der Waals surface area contributed by atoms with E-state index < -0.39 is 17.7 Å². The Labute approximate surface area is 209 Å². The van der Waals surface area contributed by atoms with Crippen LogP contribution >= 0.6 is 11.6 Å². The molecule has 2 saturated heterocycles. The summed E-state index contributed by atoms with van der Waals surface area (Å²) in [7, 11) is 1.53. The van der Waals surface area contributed by atoms with E-state index in [0.717, 1.165) is 13.1 Å². The van der Waals surface area contributed by atoms with Crippen molar-refractivity contribution in [3.63, 3.8) is 0 Å². The number of methoxy groups -OCH3 is 1. The molecule has 2 fully saturated rings. The molecule has 1 amide bonds. The van der Waals surface area contributed by atoms with Gasteiger partial charge in [0.25, 0.3) is 11.7 Å². The number of Topliss-reactive ketones (excluding diaryl/α,β-unsaturated/α-hetero) is 1. The van der Waals surface area contributed by atoms with Gasteiger partial charge >= 0.3 is 0 Å². The van der Waals surface area contributed by atoms with E-state index in [9.17, 15) is 14.7 Å². The standard InChI is InChI=1S/C26H29ClN2O6/c1-3-35-20-9-6-18(16-21(20)33-2)23-22(24(30)17-4-7-19(27)8-5-17)25(31)26(32)29(23)11-10-28-12-14-34-15-13-28/h4-9,16,23,30H,3,10-15H2,1-2H3/b24-22+/t23-/m1/s1. The molecule has 1 atom stereocenters. The van der Waals surface area contributed by atoms with Crippen molar-refractivity contribution in [2.24, 2.45) is 0 Å². The lowest BCUT2D eigenvalue weighted by atomic mass is 9.95. The van der Waals surface area contributed by atoms with Crippen LogP contribution < -0.4 is 9.47 Å². The van der Waals surface area contributed by atoms with Crippen LogP contribution in [0.5, 0.6) is 11.5 Å². The number of halogens is 1. The maximum Gasteiger partial charge on any atom is 0.295 e. The highest BCUT2D eigenvalue weighted by molar-refractivity contribution is 6.46. The van der Waals surface area contributed by atoms with Crippen LogP contribution in [0.15, 0.2) is 48.0 Å². The highest BCUT2D eigenvalue weighted by Crippen LogP contribution is 2.42. The topological polar surface area (TPSA) is 88.5 Å². The number of carbonyl (C=O) groups excluding carboxylic acids is 2. The molecule has 0 aromatic heterocycles. The monoisotopic (exact) mass is 500 g/mol. The highest BCUT2D eigenvalue weighted by Gasteiger charge is 2.46. The molecule has 35 heavy (non-hydrogen) atoms. The van der Waals surface area contributed by atoms with Gasteiger partial charge in [-0.25, -0.2) is 0 Å². The number of hydrogen-bond acceptors (Lipinski definition) is 7. The Morgan fingerprint density at radius 1 is 1.09 bits per heavy atom. The van der Waals surface area contributed by atoms with Gasteiger partial charge < -0.3 is 24.2 Å². The second kappa shape index (κ2) is 11.1. The lowest BCUT2D eigenvalue weighted by Gasteiger charge is -2.31. The van der Waals surface area contributed by atoms with Crippen molar-refractivity contribution < 1.29 is 28.9 Å². The molecule has 2 aromatic rings. The van der Waals surface area contributed by atoms with Gasteiger partial charge in [-0.15, -0.1) is 0 Å². The normalized spacial score (nSPS) is 20.3. The summed E-state index contributed by atoms with van der Waals surface area (Å²) in [5.41, 5.74) is 1.08. The van der Waals surface area contributed by atoms with Crippen molar-refractivity contribution in [1.29, 1.82) is 0 Å².